The van der Waals surface area contributed by atoms with E-state index in [9.17, 15) is 4.79 Å². The molecule has 0 unspecified atom stereocenters. The van der Waals surface area contributed by atoms with Gasteiger partial charge in [0.05, 0.1) is 12.2 Å². The highest BCUT2D eigenvalue weighted by atomic mass is 16.5. The van der Waals surface area contributed by atoms with Gasteiger partial charge in [-0.25, -0.2) is 5.10 Å². The van der Waals surface area contributed by atoms with E-state index in [2.05, 4.69) is 20.5 Å². The van der Waals surface area contributed by atoms with Gasteiger partial charge < -0.3 is 9.15 Å². The average Bonchev–Trinajstić information content (AvgIpc) is 2.86. The second-order valence-electron chi connectivity index (χ2n) is 4.07. The van der Waals surface area contributed by atoms with Crippen LogP contribution in [0.1, 0.15) is 34.4 Å². The molecule has 0 fully saturated rings. The molecule has 0 bridgehead atoms. The predicted octanol–water partition coefficient (Wildman–Crippen LogP) is 1.97. The van der Waals surface area contributed by atoms with Crippen molar-refractivity contribution in [1.82, 2.24) is 15.2 Å². The fourth-order valence-electron chi connectivity index (χ4n) is 1.79. The van der Waals surface area contributed by atoms with E-state index in [1.54, 1.807) is 6.92 Å². The fraction of sp³-hybridized carbons (Fsp3) is 0.417. The second kappa shape index (κ2) is 5.13. The van der Waals surface area contributed by atoms with Crippen molar-refractivity contribution in [3.05, 3.63) is 22.6 Å². The number of furan rings is 1. The summed E-state index contributed by atoms with van der Waals surface area (Å²) < 4.78 is 10.5. The zero-order valence-electron chi connectivity index (χ0n) is 11.3. The molecule has 0 radical (unpaired) electrons. The largest absolute Gasteiger partial charge is 0.466 e. The summed E-state index contributed by atoms with van der Waals surface area (Å²) in [4.78, 5) is 16.1. The van der Waals surface area contributed by atoms with Crippen molar-refractivity contribution in [2.75, 3.05) is 11.9 Å². The Morgan fingerprint density at radius 2 is 2.11 bits per heavy atom. The average molecular weight is 264 g/mol. The monoisotopic (exact) mass is 264 g/mol. The van der Waals surface area contributed by atoms with Crippen molar-refractivity contribution in [3.8, 4) is 6.01 Å². The van der Waals surface area contributed by atoms with E-state index in [0.29, 0.717) is 17.9 Å². The van der Waals surface area contributed by atoms with Crippen molar-refractivity contribution >= 4 is 11.9 Å². The van der Waals surface area contributed by atoms with Gasteiger partial charge in [-0.2, -0.15) is 4.98 Å². The maximum Gasteiger partial charge on any atom is 0.337 e. The van der Waals surface area contributed by atoms with E-state index in [4.69, 9.17) is 9.15 Å². The molecule has 19 heavy (non-hydrogen) atoms. The van der Waals surface area contributed by atoms with Gasteiger partial charge in [-0.15, -0.1) is 5.10 Å². The molecule has 2 rings (SSSR count). The molecule has 0 aliphatic rings. The first-order chi connectivity index (χ1) is 9.02. The molecule has 0 atom stereocenters. The summed E-state index contributed by atoms with van der Waals surface area (Å²) in [6, 6.07) is 0.203. The number of aromatic amines is 1. The lowest BCUT2D eigenvalue weighted by molar-refractivity contribution is 0.102. The third kappa shape index (κ3) is 2.59. The van der Waals surface area contributed by atoms with E-state index >= 15 is 0 Å². The highest BCUT2D eigenvalue weighted by Gasteiger charge is 2.19. The lowest BCUT2D eigenvalue weighted by atomic mass is 10.1. The summed E-state index contributed by atoms with van der Waals surface area (Å²) >= 11 is 0. The van der Waals surface area contributed by atoms with Crippen LogP contribution >= 0.6 is 0 Å². The fourth-order valence-corrected chi connectivity index (χ4v) is 1.79. The third-order valence-electron chi connectivity index (χ3n) is 2.76. The molecule has 7 heteroatoms. The lowest BCUT2D eigenvalue weighted by Gasteiger charge is -2.01. The van der Waals surface area contributed by atoms with Crippen LogP contribution in [-0.4, -0.2) is 27.7 Å². The molecular weight excluding hydrogens is 248 g/mol. The first kappa shape index (κ1) is 13.1. The van der Waals surface area contributed by atoms with Gasteiger partial charge in [0, 0.05) is 5.56 Å². The SMILES string of the molecule is CCOc1n[nH]c(NC(=O)c2c(C)oc(C)c2C)n1. The minimum absolute atomic E-state index is 0.203. The van der Waals surface area contributed by atoms with Crippen molar-refractivity contribution in [2.45, 2.75) is 27.7 Å². The first-order valence-electron chi connectivity index (χ1n) is 5.96. The molecule has 0 aromatic carbocycles. The van der Waals surface area contributed by atoms with Crippen molar-refractivity contribution in [3.63, 3.8) is 0 Å². The Balaban J connectivity index is 2.16. The van der Waals surface area contributed by atoms with Crippen LogP contribution in [0.25, 0.3) is 0 Å². The first-order valence-corrected chi connectivity index (χ1v) is 5.96. The molecule has 0 aliphatic carbocycles. The summed E-state index contributed by atoms with van der Waals surface area (Å²) in [5.41, 5.74) is 1.34. The highest BCUT2D eigenvalue weighted by molar-refractivity contribution is 6.05. The van der Waals surface area contributed by atoms with Crippen LogP contribution in [0.3, 0.4) is 0 Å². The van der Waals surface area contributed by atoms with Crippen LogP contribution < -0.4 is 10.1 Å². The number of rotatable bonds is 4. The van der Waals surface area contributed by atoms with E-state index in [1.807, 2.05) is 20.8 Å². The summed E-state index contributed by atoms with van der Waals surface area (Å²) in [5.74, 6) is 1.27. The molecule has 2 heterocycles. The molecule has 2 N–H and O–H groups in total. The number of hydrogen-bond acceptors (Lipinski definition) is 5. The molecule has 0 aliphatic heterocycles. The Labute approximate surface area is 110 Å². The Morgan fingerprint density at radius 1 is 1.37 bits per heavy atom. The van der Waals surface area contributed by atoms with Gasteiger partial charge in [0.25, 0.3) is 5.91 Å². The number of carbonyl (C=O) groups is 1. The van der Waals surface area contributed by atoms with Crippen molar-refractivity contribution < 1.29 is 13.9 Å². The molecule has 1 amide bonds. The molecule has 0 saturated heterocycles. The lowest BCUT2D eigenvalue weighted by Crippen LogP contribution is -2.14. The van der Waals surface area contributed by atoms with Gasteiger partial charge in [-0.05, 0) is 27.7 Å². The normalized spacial score (nSPS) is 10.5. The van der Waals surface area contributed by atoms with Crippen LogP contribution in [0.4, 0.5) is 5.95 Å². The Bertz CT molecular complexity index is 600. The van der Waals surface area contributed by atoms with Gasteiger partial charge >= 0.3 is 6.01 Å². The van der Waals surface area contributed by atoms with Crippen LogP contribution in [-0.2, 0) is 0 Å². The number of nitrogens with one attached hydrogen (secondary N) is 2. The predicted molar refractivity (Wildman–Crippen MR) is 68.4 cm³/mol. The molecule has 2 aromatic heterocycles. The number of nitrogens with zero attached hydrogens (tertiary/aromatic N) is 2. The summed E-state index contributed by atoms with van der Waals surface area (Å²) in [5, 5.41) is 9.02. The maximum absolute atomic E-state index is 12.1. The quantitative estimate of drug-likeness (QED) is 0.880. The minimum atomic E-state index is -0.286. The number of carbonyl (C=O) groups excluding carboxylic acids is 1. The number of aryl methyl sites for hydroxylation is 2. The van der Waals surface area contributed by atoms with Crippen molar-refractivity contribution in [2.24, 2.45) is 0 Å². The zero-order valence-corrected chi connectivity index (χ0v) is 11.3. The zero-order chi connectivity index (χ0) is 14.0. The number of ether oxygens (including phenoxy) is 1. The molecule has 7 nitrogen and oxygen atoms in total. The second-order valence-corrected chi connectivity index (χ2v) is 4.07. The van der Waals surface area contributed by atoms with E-state index in [0.717, 1.165) is 11.3 Å². The highest BCUT2D eigenvalue weighted by Crippen LogP contribution is 2.21. The number of aromatic nitrogens is 3. The van der Waals surface area contributed by atoms with Crippen LogP contribution in [0.2, 0.25) is 0 Å². The Hall–Kier alpha value is -2.31. The Morgan fingerprint density at radius 3 is 2.68 bits per heavy atom. The summed E-state index contributed by atoms with van der Waals surface area (Å²) in [6.07, 6.45) is 0. The third-order valence-corrected chi connectivity index (χ3v) is 2.76. The topological polar surface area (TPSA) is 93.0 Å². The number of hydrogen-bond donors (Lipinski definition) is 2. The molecule has 0 saturated carbocycles. The smallest absolute Gasteiger partial charge is 0.337 e. The van der Waals surface area contributed by atoms with Crippen LogP contribution in [0.15, 0.2) is 4.42 Å². The van der Waals surface area contributed by atoms with E-state index in [1.165, 1.54) is 0 Å². The number of anilines is 1. The summed E-state index contributed by atoms with van der Waals surface area (Å²) in [6.45, 7) is 7.70. The van der Waals surface area contributed by atoms with E-state index in [-0.39, 0.29) is 17.9 Å². The number of amides is 1. The maximum atomic E-state index is 12.1. The standard InChI is InChI=1S/C12H16N4O3/c1-5-18-12-14-11(15-16-12)13-10(17)9-6(2)7(3)19-8(9)4/h5H2,1-4H3,(H2,13,14,15,16,17). The van der Waals surface area contributed by atoms with Gasteiger partial charge in [-0.1, -0.05) is 0 Å². The van der Waals surface area contributed by atoms with Gasteiger partial charge in [0.1, 0.15) is 11.5 Å². The van der Waals surface area contributed by atoms with Crippen LogP contribution in [0.5, 0.6) is 6.01 Å². The van der Waals surface area contributed by atoms with Crippen LogP contribution in [0, 0.1) is 20.8 Å². The van der Waals surface area contributed by atoms with Crippen molar-refractivity contribution in [1.29, 1.82) is 0 Å². The number of H-pyrrole nitrogens is 1. The molecule has 102 valence electrons. The molecular formula is C12H16N4O3. The molecule has 2 aromatic rings. The van der Waals surface area contributed by atoms with Gasteiger partial charge in [0.15, 0.2) is 0 Å². The summed E-state index contributed by atoms with van der Waals surface area (Å²) in [7, 11) is 0. The minimum Gasteiger partial charge on any atom is -0.466 e. The van der Waals surface area contributed by atoms with E-state index < -0.39 is 0 Å². The van der Waals surface area contributed by atoms with Gasteiger partial charge in [0.2, 0.25) is 5.95 Å². The molecule has 0 spiro atoms. The van der Waals surface area contributed by atoms with Gasteiger partial charge in [-0.3, -0.25) is 10.1 Å². The Kier molecular flexibility index (Phi) is 3.55.